The first kappa shape index (κ1) is 50.6. The number of carbonyl (C=O) groups is 4. The molecule has 6 rings (SSSR count). The predicted octanol–water partition coefficient (Wildman–Crippen LogP) is 5.49. The predicted molar refractivity (Wildman–Crippen MR) is 234 cm³/mol. The minimum Gasteiger partial charge on any atom is -0.412 e. The van der Waals surface area contributed by atoms with Gasteiger partial charge in [0.2, 0.25) is 11.8 Å². The van der Waals surface area contributed by atoms with Crippen LogP contribution in [0, 0.1) is 11.8 Å². The molecule has 0 radical (unpaired) electrons. The van der Waals surface area contributed by atoms with Crippen LogP contribution in [0.4, 0.5) is 0 Å². The summed E-state index contributed by atoms with van der Waals surface area (Å²) >= 11 is 4.24. The van der Waals surface area contributed by atoms with Gasteiger partial charge in [0, 0.05) is 70.0 Å². The molecule has 0 aromatic heterocycles. The first-order valence-electron chi connectivity index (χ1n) is 17.1. The molecule has 294 valence electrons. The molecule has 11 nitrogen and oxygen atoms in total. The summed E-state index contributed by atoms with van der Waals surface area (Å²) in [4.78, 5) is 56.7. The number of imide groups is 1. The third-order valence-corrected chi connectivity index (χ3v) is 10.2. The number of carbonyl (C=O) groups excluding carboxylic acids is 4. The molecule has 3 aliphatic rings. The van der Waals surface area contributed by atoms with Crippen LogP contribution in [0.5, 0.6) is 0 Å². The molecule has 3 aromatic carbocycles. The average molecular weight is 1000 g/mol. The zero-order valence-corrected chi connectivity index (χ0v) is 36.6. The summed E-state index contributed by atoms with van der Waals surface area (Å²) in [6, 6.07) is 26.7. The number of hydrazine groups is 1. The van der Waals surface area contributed by atoms with Gasteiger partial charge in [-0.3, -0.25) is 35.8 Å². The van der Waals surface area contributed by atoms with Crippen LogP contribution in [0.1, 0.15) is 72.4 Å². The minimum atomic E-state index is -0.650. The zero-order chi connectivity index (χ0) is 37.1. The number of benzene rings is 3. The Morgan fingerprint density at radius 3 is 1.30 bits per heavy atom. The molecule has 0 bridgehead atoms. The summed E-state index contributed by atoms with van der Waals surface area (Å²) < 4.78 is 0. The molecule has 4 atom stereocenters. The van der Waals surface area contributed by atoms with Crippen molar-refractivity contribution in [3.63, 3.8) is 0 Å². The van der Waals surface area contributed by atoms with E-state index < -0.39 is 5.41 Å². The monoisotopic (exact) mass is 998 g/mol. The molecule has 0 unspecified atom stereocenters. The van der Waals surface area contributed by atoms with Gasteiger partial charge in [0.15, 0.2) is 0 Å². The number of rotatable bonds is 11. The van der Waals surface area contributed by atoms with Crippen molar-refractivity contribution in [3.8, 4) is 0 Å². The van der Waals surface area contributed by atoms with Crippen molar-refractivity contribution in [1.82, 2.24) is 14.7 Å². The van der Waals surface area contributed by atoms with Crippen molar-refractivity contribution in [3.05, 3.63) is 107 Å². The van der Waals surface area contributed by atoms with Crippen molar-refractivity contribution < 1.29 is 24.7 Å². The van der Waals surface area contributed by atoms with Gasteiger partial charge in [0.1, 0.15) is 0 Å². The smallest absolute Gasteiger partial charge is 0.261 e. The number of nitrogens with zero attached hydrogens (tertiary/aromatic N) is 3. The van der Waals surface area contributed by atoms with E-state index >= 15 is 0 Å². The van der Waals surface area contributed by atoms with Gasteiger partial charge in [-0.05, 0) is 82.2 Å². The van der Waals surface area contributed by atoms with E-state index in [1.165, 1.54) is 4.90 Å². The second-order valence-electron chi connectivity index (χ2n) is 12.4. The normalized spacial score (nSPS) is 21.1. The highest BCUT2D eigenvalue weighted by atomic mass is 128. The Balaban J connectivity index is 0.000000947. The number of hydrogen-bond donors (Lipinski definition) is 3. The first-order valence-corrected chi connectivity index (χ1v) is 23.4. The number of fused-ring (bicyclic) bond motifs is 1. The van der Waals surface area contributed by atoms with Gasteiger partial charge in [-0.1, -0.05) is 72.8 Å². The van der Waals surface area contributed by atoms with Crippen LogP contribution in [-0.4, -0.2) is 83.1 Å². The Morgan fingerprint density at radius 2 is 0.981 bits per heavy atom. The van der Waals surface area contributed by atoms with Gasteiger partial charge in [-0.2, -0.15) is 0 Å². The zero-order valence-electron chi connectivity index (χ0n) is 30.7. The summed E-state index contributed by atoms with van der Waals surface area (Å²) in [5, 5.41) is 0. The van der Waals surface area contributed by atoms with Crippen molar-refractivity contribution in [2.75, 3.05) is 39.3 Å². The number of nitrogens with two attached hydrogens (primary N) is 3. The van der Waals surface area contributed by atoms with Crippen molar-refractivity contribution in [2.24, 2.45) is 29.3 Å². The molecule has 8 N–H and O–H groups in total. The average Bonchev–Trinajstić information content (AvgIpc) is 4.09. The minimum absolute atomic E-state index is 0. The lowest BCUT2D eigenvalue weighted by atomic mass is 9.91. The topological polar surface area (TPSA) is 188 Å². The van der Waals surface area contributed by atoms with E-state index in [9.17, 15) is 19.2 Å². The first-order chi connectivity index (χ1) is 24.2. The van der Waals surface area contributed by atoms with E-state index in [4.69, 9.17) is 5.73 Å². The van der Waals surface area contributed by atoms with Crippen LogP contribution in [0.15, 0.2) is 84.9 Å². The lowest BCUT2D eigenvalue weighted by Gasteiger charge is -2.27. The summed E-state index contributed by atoms with van der Waals surface area (Å²) in [6.45, 7) is 11.7. The van der Waals surface area contributed by atoms with Gasteiger partial charge in [-0.15, -0.1) is 24.8 Å². The number of amides is 4. The van der Waals surface area contributed by atoms with E-state index in [1.54, 1.807) is 24.3 Å². The summed E-state index contributed by atoms with van der Waals surface area (Å²) in [5.74, 6) is 8.05. The Kier molecular flexibility index (Phi) is 22.5. The van der Waals surface area contributed by atoms with E-state index in [1.807, 2.05) is 86.0 Å². The molecule has 0 saturated heterocycles. The number of likely N-dealkylation sites (N-methyl/N-ethyl adjacent to an activating group) is 2. The molecule has 1 heterocycles. The van der Waals surface area contributed by atoms with Crippen LogP contribution in [-0.2, 0) is 20.4 Å². The van der Waals surface area contributed by atoms with Gasteiger partial charge >= 0.3 is 0 Å². The van der Waals surface area contributed by atoms with E-state index in [-0.39, 0.29) is 71.8 Å². The van der Waals surface area contributed by atoms with Gasteiger partial charge in [0.05, 0.1) is 22.0 Å². The van der Waals surface area contributed by atoms with Crippen molar-refractivity contribution in [1.29, 1.82) is 0 Å². The molecule has 4 amide bonds. The third kappa shape index (κ3) is 10.3. The van der Waals surface area contributed by atoms with Crippen LogP contribution >= 0.6 is 62.0 Å². The number of halogens is 4. The molecule has 15 heteroatoms. The fourth-order valence-corrected chi connectivity index (χ4v) is 7.32. The van der Waals surface area contributed by atoms with Gasteiger partial charge in [0.25, 0.3) is 11.8 Å². The van der Waals surface area contributed by atoms with Crippen LogP contribution in [0.25, 0.3) is 0 Å². The molecule has 2 fully saturated rings. The lowest BCUT2D eigenvalue weighted by molar-refractivity contribution is -0.134. The highest BCUT2D eigenvalue weighted by Crippen LogP contribution is 2.56. The molecule has 2 saturated carbocycles. The highest BCUT2D eigenvalue weighted by Gasteiger charge is 2.63. The second-order valence-corrected chi connectivity index (χ2v) is 12.4. The van der Waals surface area contributed by atoms with Crippen molar-refractivity contribution in [2.45, 2.75) is 51.4 Å². The van der Waals surface area contributed by atoms with E-state index in [0.29, 0.717) is 43.1 Å². The third-order valence-electron chi connectivity index (χ3n) is 10.2. The highest BCUT2D eigenvalue weighted by molar-refractivity contribution is 15.0. The maximum Gasteiger partial charge on any atom is 0.261 e. The SMILES string of the molecule is CCN(CC)C(=O)[C@@]1(c2ccccc2)C[C@H]1CN.CCN(CC)C(=O)[C@@]1(c2ccccc2)C[C@H]1CN1C(=O)c2ccccc2C1=O.Cl.Cl.II.NN.O. The van der Waals surface area contributed by atoms with E-state index in [2.05, 4.69) is 61.0 Å². The van der Waals surface area contributed by atoms with Crippen molar-refractivity contribution >= 4 is 85.7 Å². The molecular formula is C38H54Cl2I2N6O5. The second kappa shape index (κ2) is 23.5. The molecule has 0 spiro atoms. The summed E-state index contributed by atoms with van der Waals surface area (Å²) in [6.07, 6.45) is 1.54. The van der Waals surface area contributed by atoms with Crippen LogP contribution in [0.2, 0.25) is 0 Å². The van der Waals surface area contributed by atoms with Gasteiger partial charge in [-0.25, -0.2) is 0 Å². The quantitative estimate of drug-likeness (QED) is 0.0981. The molecule has 3 aromatic rings. The largest absolute Gasteiger partial charge is 0.412 e. The Bertz CT molecular complexity index is 1570. The Labute approximate surface area is 349 Å². The lowest BCUT2D eigenvalue weighted by Crippen LogP contribution is -2.42. The van der Waals surface area contributed by atoms with Crippen LogP contribution in [0.3, 0.4) is 0 Å². The molecule has 1 aliphatic heterocycles. The van der Waals surface area contributed by atoms with E-state index in [0.717, 1.165) is 30.6 Å². The summed E-state index contributed by atoms with van der Waals surface area (Å²) in [7, 11) is 0. The van der Waals surface area contributed by atoms with Gasteiger partial charge < -0.3 is 21.0 Å². The maximum absolute atomic E-state index is 13.4. The molecular weight excluding hydrogens is 945 g/mol. The number of hydrogen-bond acceptors (Lipinski definition) is 7. The maximum atomic E-state index is 13.4. The molecule has 2 aliphatic carbocycles. The Hall–Kier alpha value is -2.38. The fraction of sp³-hybridized carbons (Fsp3) is 0.421. The van der Waals surface area contributed by atoms with Crippen LogP contribution < -0.4 is 17.4 Å². The standard InChI is InChI=1S/C23H24N2O3.C15H22N2O.2ClH.I2.H4N2.H2O/c1-3-24(4-2)22(28)23(16-10-6-5-7-11-16)14-17(23)15-25-20(26)18-12-8-9-13-19(18)21(25)27;1-3-17(4-2)14(18)15(10-13(15)11-16)12-8-6-5-7-9-12;;;2*1-2;/h5-13,17H,3-4,14-15H2,1-2H3;5-9,13H,3-4,10-11,16H2,1-2H3;2*1H;;1-2H2;1H2/t17-,23+;13-,15+;;;;;/m00...../s1. The summed E-state index contributed by atoms with van der Waals surface area (Å²) in [5.41, 5.74) is 7.79. The fourth-order valence-electron chi connectivity index (χ4n) is 7.32. The Morgan fingerprint density at radius 1 is 0.660 bits per heavy atom. The molecule has 53 heavy (non-hydrogen) atoms.